The van der Waals surface area contributed by atoms with Gasteiger partial charge in [-0.05, 0) is 0 Å². The Morgan fingerprint density at radius 2 is 1.33 bits per heavy atom. The molecule has 84 valence electrons. The number of halogens is 1. The summed E-state index contributed by atoms with van der Waals surface area (Å²) in [5.74, 6) is 0. The molecule has 7 nitrogen and oxygen atoms in total. The van der Waals surface area contributed by atoms with Crippen LogP contribution in [-0.4, -0.2) is 19.8 Å². The number of nitrogens with zero attached hydrogens (tertiary/aromatic N) is 2. The highest BCUT2D eigenvalue weighted by molar-refractivity contribution is 7.30. The maximum absolute atomic E-state index is 8.70. The van der Waals surface area contributed by atoms with Crippen molar-refractivity contribution in [3.8, 4) is 0 Å². The first kappa shape index (κ1) is 16.2. The van der Waals surface area contributed by atoms with Gasteiger partial charge in [0, 0.05) is 4.57 Å². The fourth-order valence-electron chi connectivity index (χ4n) is 0.351. The zero-order chi connectivity index (χ0) is 10.6. The van der Waals surface area contributed by atoms with Crippen molar-refractivity contribution in [3.05, 3.63) is 37.7 Å². The molecular weight excluding hydrogens is 247 g/mol. The van der Waals surface area contributed by atoms with Gasteiger partial charge in [-0.2, -0.15) is 0 Å². The molecule has 15 heavy (non-hydrogen) atoms. The molecule has 2 heterocycles. The molecule has 2 rings (SSSR count). The van der Waals surface area contributed by atoms with Crippen LogP contribution in [0.3, 0.4) is 0 Å². The van der Waals surface area contributed by atoms with Gasteiger partial charge in [-0.1, -0.05) is 0 Å². The van der Waals surface area contributed by atoms with Crippen molar-refractivity contribution >= 4 is 20.7 Å². The van der Waals surface area contributed by atoms with Crippen LogP contribution >= 0.6 is 20.7 Å². The lowest BCUT2D eigenvalue weighted by Gasteiger charge is -1.47. The second-order valence-corrected chi connectivity index (χ2v) is 2.11. The van der Waals surface area contributed by atoms with Crippen molar-refractivity contribution < 1.29 is 23.2 Å². The molecule has 0 saturated heterocycles. The molecule has 2 N–H and O–H groups in total. The molecule has 0 aliphatic rings. The van der Waals surface area contributed by atoms with Gasteiger partial charge in [-0.15, -0.1) is 22.2 Å². The smallest absolute Gasteiger partial charge is 0.452 e. The molecule has 0 bridgehead atoms. The second kappa shape index (κ2) is 12.7. The zero-order valence-corrected chi connectivity index (χ0v) is 9.04. The highest BCUT2D eigenvalue weighted by Crippen LogP contribution is 1.98. The van der Waals surface area contributed by atoms with Crippen LogP contribution in [0.1, 0.15) is 0 Å². The first-order chi connectivity index (χ1) is 6.73. The van der Waals surface area contributed by atoms with E-state index < -0.39 is 8.25 Å². The predicted octanol–water partition coefficient (Wildman–Crippen LogP) is 1.40. The van der Waals surface area contributed by atoms with Crippen LogP contribution in [0.2, 0.25) is 0 Å². The van der Waals surface area contributed by atoms with E-state index in [2.05, 4.69) is 18.8 Å². The fraction of sp³-hybridized carbons (Fsp3) is 0. The van der Waals surface area contributed by atoms with E-state index in [4.69, 9.17) is 14.4 Å². The zero-order valence-electron chi connectivity index (χ0n) is 7.33. The predicted molar refractivity (Wildman–Crippen MR) is 52.3 cm³/mol. The summed E-state index contributed by atoms with van der Waals surface area (Å²) in [6.07, 6.45) is 8.94. The van der Waals surface area contributed by atoms with E-state index >= 15 is 0 Å². The second-order valence-electron chi connectivity index (χ2n) is 1.60. The van der Waals surface area contributed by atoms with Crippen LogP contribution in [0.5, 0.6) is 0 Å². The Labute approximate surface area is 92.1 Å². The van der Waals surface area contributed by atoms with Gasteiger partial charge in [-0.25, -0.2) is 9.97 Å². The quantitative estimate of drug-likeness (QED) is 0.685. The maximum atomic E-state index is 8.70. The van der Waals surface area contributed by atoms with E-state index in [0.29, 0.717) is 0 Å². The molecule has 9 heteroatoms. The number of oxazole rings is 2. The Morgan fingerprint density at radius 3 is 1.40 bits per heavy atom. The molecule has 2 aromatic heterocycles. The summed E-state index contributed by atoms with van der Waals surface area (Å²) < 4.78 is 17.6. The van der Waals surface area contributed by atoms with Gasteiger partial charge < -0.3 is 8.83 Å². The minimum atomic E-state index is -2.87. The summed E-state index contributed by atoms with van der Waals surface area (Å²) in [6, 6.07) is 0. The number of rotatable bonds is 0. The van der Waals surface area contributed by atoms with Crippen molar-refractivity contribution in [2.24, 2.45) is 0 Å². The minimum absolute atomic E-state index is 0. The van der Waals surface area contributed by atoms with Crippen LogP contribution in [0.15, 0.2) is 46.5 Å². The van der Waals surface area contributed by atoms with Gasteiger partial charge in [0.1, 0.15) is 12.5 Å². The summed E-state index contributed by atoms with van der Waals surface area (Å²) >= 11 is 0. The van der Waals surface area contributed by atoms with E-state index in [1.54, 1.807) is 12.4 Å². The van der Waals surface area contributed by atoms with E-state index in [1.165, 1.54) is 25.3 Å². The Bertz CT molecular complexity index is 236. The Hall–Kier alpha value is -1.27. The molecule has 2 aromatic rings. The van der Waals surface area contributed by atoms with Gasteiger partial charge in [-0.3, -0.25) is 0 Å². The summed E-state index contributed by atoms with van der Waals surface area (Å²) in [7, 11) is -2.87. The van der Waals surface area contributed by atoms with Crippen molar-refractivity contribution in [2.45, 2.75) is 0 Å². The van der Waals surface area contributed by atoms with Gasteiger partial charge in [0.05, 0.1) is 12.4 Å². The lowest BCUT2D eigenvalue weighted by atomic mass is 11.0. The molecule has 0 aromatic carbocycles. The van der Waals surface area contributed by atoms with Crippen LogP contribution in [0.4, 0.5) is 0 Å². The van der Waals surface area contributed by atoms with Crippen LogP contribution in [0, 0.1) is 0 Å². The molecule has 0 radical (unpaired) electrons. The molecule has 0 amide bonds. The van der Waals surface area contributed by atoms with Crippen LogP contribution < -0.4 is 0 Å². The normalized spacial score (nSPS) is 7.07. The summed E-state index contributed by atoms with van der Waals surface area (Å²) in [5.41, 5.74) is 0. The van der Waals surface area contributed by atoms with Crippen LogP contribution in [-0.2, 0) is 4.57 Å². The average Bonchev–Trinajstić information content (AvgIpc) is 2.83. The molecule has 0 spiro atoms. The maximum Gasteiger partial charge on any atom is 0.692 e. The third-order valence-electron chi connectivity index (χ3n) is 0.694. The molecule has 0 unspecified atom stereocenters. The molecule has 0 atom stereocenters. The number of aromatic nitrogens is 2. The molecule has 0 aliphatic heterocycles. The van der Waals surface area contributed by atoms with Gasteiger partial charge in [0.15, 0.2) is 12.8 Å². The minimum Gasteiger partial charge on any atom is -0.452 e. The third kappa shape index (κ3) is 19.2. The van der Waals surface area contributed by atoms with Gasteiger partial charge in [0.2, 0.25) is 0 Å². The highest BCUT2D eigenvalue weighted by Gasteiger charge is 1.93. The first-order valence-electron chi connectivity index (χ1n) is 3.22. The third-order valence-corrected chi connectivity index (χ3v) is 0.694. The van der Waals surface area contributed by atoms with E-state index in [9.17, 15) is 0 Å². The van der Waals surface area contributed by atoms with E-state index in [0.717, 1.165) is 0 Å². The Kier molecular flexibility index (Phi) is 13.7. The first-order valence-corrected chi connectivity index (χ1v) is 4.39. The highest BCUT2D eigenvalue weighted by atomic mass is 35.5. The lowest BCUT2D eigenvalue weighted by molar-refractivity contribution is 0.405. The van der Waals surface area contributed by atoms with Gasteiger partial charge >= 0.3 is 8.25 Å². The summed E-state index contributed by atoms with van der Waals surface area (Å²) in [6.45, 7) is 0. The molecular formula is C6H9ClN2O5P+. The Balaban J connectivity index is 0. The average molecular weight is 256 g/mol. The fourth-order valence-corrected chi connectivity index (χ4v) is 0.351. The summed E-state index contributed by atoms with van der Waals surface area (Å²) in [5, 5.41) is 0. The van der Waals surface area contributed by atoms with E-state index in [1.807, 2.05) is 0 Å². The number of hydrogen-bond acceptors (Lipinski definition) is 5. The molecule has 0 aliphatic carbocycles. The monoisotopic (exact) mass is 255 g/mol. The molecule has 0 saturated carbocycles. The lowest BCUT2D eigenvalue weighted by Crippen LogP contribution is -1.38. The van der Waals surface area contributed by atoms with Crippen molar-refractivity contribution in [1.82, 2.24) is 9.97 Å². The topological polar surface area (TPSA) is 110 Å². The number of hydrogen-bond donors (Lipinski definition) is 2. The van der Waals surface area contributed by atoms with Gasteiger partial charge in [0.25, 0.3) is 0 Å². The summed E-state index contributed by atoms with van der Waals surface area (Å²) in [4.78, 5) is 21.4. The van der Waals surface area contributed by atoms with Crippen molar-refractivity contribution in [3.63, 3.8) is 0 Å². The standard InChI is InChI=1S/2C3H3NO.ClH.HO3P/c2*1-2-5-3-4-1;;1-4(2)3/h2*1-3H;1H;(H-,1,2,3)/p+1. The van der Waals surface area contributed by atoms with Crippen molar-refractivity contribution in [2.75, 3.05) is 0 Å². The van der Waals surface area contributed by atoms with Crippen LogP contribution in [0.25, 0.3) is 0 Å². The van der Waals surface area contributed by atoms with E-state index in [-0.39, 0.29) is 12.4 Å². The Morgan fingerprint density at radius 1 is 1.00 bits per heavy atom. The molecule has 0 fully saturated rings. The van der Waals surface area contributed by atoms with Crippen molar-refractivity contribution in [1.29, 1.82) is 0 Å². The SMILES string of the molecule is Cl.O=[P+](O)O.c1cocn1.c1cocn1. The largest absolute Gasteiger partial charge is 0.692 e.